The van der Waals surface area contributed by atoms with Crippen LogP contribution in [0.5, 0.6) is 0 Å². The van der Waals surface area contributed by atoms with Crippen molar-refractivity contribution in [1.82, 2.24) is 10.3 Å². The topological polar surface area (TPSA) is 27.8 Å². The number of hydrogen-bond acceptors (Lipinski definition) is 1. The molecule has 0 spiro atoms. The number of H-pyrrole nitrogens is 1. The van der Waals surface area contributed by atoms with Crippen molar-refractivity contribution in [3.05, 3.63) is 83.4 Å². The maximum absolute atomic E-state index is 3.68. The van der Waals surface area contributed by atoms with Crippen molar-refractivity contribution < 1.29 is 0 Å². The monoisotopic (exact) mass is 398 g/mol. The highest BCUT2D eigenvalue weighted by Gasteiger charge is 2.10. The minimum atomic E-state index is 0.674. The lowest BCUT2D eigenvalue weighted by atomic mass is 9.97. The van der Waals surface area contributed by atoms with Crippen LogP contribution in [-0.4, -0.2) is 18.1 Å². The maximum Gasteiger partial charge on any atom is 0.0467 e. The van der Waals surface area contributed by atoms with E-state index in [1.165, 1.54) is 57.8 Å². The van der Waals surface area contributed by atoms with Crippen LogP contribution in [0.2, 0.25) is 0 Å². The van der Waals surface area contributed by atoms with Gasteiger partial charge in [-0.15, -0.1) is 0 Å². The lowest BCUT2D eigenvalue weighted by Crippen LogP contribution is -2.23. The summed E-state index contributed by atoms with van der Waals surface area (Å²) in [4.78, 5) is 3.56. The molecule has 0 bridgehead atoms. The SMILES string of the molecule is CCc1ccccc1CCCNCC(C)CCc1cccc2[nH]c3ccccc3c12. The van der Waals surface area contributed by atoms with Crippen LogP contribution < -0.4 is 5.32 Å². The van der Waals surface area contributed by atoms with Gasteiger partial charge in [-0.3, -0.25) is 0 Å². The van der Waals surface area contributed by atoms with Crippen LogP contribution >= 0.6 is 0 Å². The van der Waals surface area contributed by atoms with E-state index in [4.69, 9.17) is 0 Å². The third kappa shape index (κ3) is 4.76. The first-order valence-corrected chi connectivity index (χ1v) is 11.5. The third-order valence-electron chi connectivity index (χ3n) is 6.31. The van der Waals surface area contributed by atoms with Crippen molar-refractivity contribution in [3.63, 3.8) is 0 Å². The van der Waals surface area contributed by atoms with Crippen molar-refractivity contribution in [2.75, 3.05) is 13.1 Å². The second kappa shape index (κ2) is 9.95. The summed E-state index contributed by atoms with van der Waals surface area (Å²) in [7, 11) is 0. The summed E-state index contributed by atoms with van der Waals surface area (Å²) in [6, 6.07) is 24.2. The molecular formula is C28H34N2. The fourth-order valence-electron chi connectivity index (χ4n) is 4.59. The Morgan fingerprint density at radius 2 is 1.53 bits per heavy atom. The number of aromatic nitrogens is 1. The van der Waals surface area contributed by atoms with Crippen LogP contribution in [0.4, 0.5) is 0 Å². The van der Waals surface area contributed by atoms with Gasteiger partial charge in [0.05, 0.1) is 0 Å². The molecule has 3 aromatic carbocycles. The van der Waals surface area contributed by atoms with E-state index < -0.39 is 0 Å². The second-order valence-corrected chi connectivity index (χ2v) is 8.58. The van der Waals surface area contributed by atoms with Gasteiger partial charge in [0.1, 0.15) is 0 Å². The number of aryl methyl sites for hydroxylation is 3. The molecule has 2 N–H and O–H groups in total. The number of aromatic amines is 1. The van der Waals surface area contributed by atoms with Gasteiger partial charge in [-0.25, -0.2) is 0 Å². The van der Waals surface area contributed by atoms with Crippen LogP contribution in [0.15, 0.2) is 66.7 Å². The minimum Gasteiger partial charge on any atom is -0.355 e. The number of benzene rings is 3. The molecule has 1 heterocycles. The first-order valence-electron chi connectivity index (χ1n) is 11.5. The molecule has 1 atom stereocenters. The van der Waals surface area contributed by atoms with Crippen LogP contribution in [0.1, 0.15) is 43.4 Å². The Hall–Kier alpha value is -2.58. The molecule has 0 radical (unpaired) electrons. The van der Waals surface area contributed by atoms with Crippen LogP contribution in [0.3, 0.4) is 0 Å². The normalized spacial score (nSPS) is 12.6. The molecule has 4 rings (SSSR count). The summed E-state index contributed by atoms with van der Waals surface area (Å²) >= 11 is 0. The van der Waals surface area contributed by atoms with Crippen LogP contribution in [0, 0.1) is 5.92 Å². The summed E-state index contributed by atoms with van der Waals surface area (Å²) in [5.74, 6) is 0.674. The zero-order valence-electron chi connectivity index (χ0n) is 18.4. The molecule has 2 nitrogen and oxygen atoms in total. The van der Waals surface area contributed by atoms with E-state index in [1.807, 2.05) is 0 Å². The van der Waals surface area contributed by atoms with Gasteiger partial charge in [-0.05, 0) is 79.9 Å². The lowest BCUT2D eigenvalue weighted by Gasteiger charge is -2.14. The van der Waals surface area contributed by atoms with Crippen LogP contribution in [0.25, 0.3) is 21.8 Å². The molecule has 0 amide bonds. The van der Waals surface area contributed by atoms with E-state index in [1.54, 1.807) is 0 Å². The lowest BCUT2D eigenvalue weighted by molar-refractivity contribution is 0.478. The van der Waals surface area contributed by atoms with Crippen molar-refractivity contribution in [2.24, 2.45) is 5.92 Å². The van der Waals surface area contributed by atoms with E-state index in [0.29, 0.717) is 5.92 Å². The number of fused-ring (bicyclic) bond motifs is 3. The van der Waals surface area contributed by atoms with Gasteiger partial charge in [0.15, 0.2) is 0 Å². The molecule has 156 valence electrons. The molecule has 0 aliphatic rings. The first-order chi connectivity index (χ1) is 14.8. The number of hydrogen-bond donors (Lipinski definition) is 2. The Morgan fingerprint density at radius 3 is 2.40 bits per heavy atom. The van der Waals surface area contributed by atoms with Crippen molar-refractivity contribution >= 4 is 21.8 Å². The average molecular weight is 399 g/mol. The summed E-state index contributed by atoms with van der Waals surface area (Å²) in [6.45, 7) is 6.81. The fraction of sp³-hybridized carbons (Fsp3) is 0.357. The zero-order valence-corrected chi connectivity index (χ0v) is 18.4. The largest absolute Gasteiger partial charge is 0.355 e. The maximum atomic E-state index is 3.68. The molecular weight excluding hydrogens is 364 g/mol. The predicted molar refractivity (Wildman–Crippen MR) is 130 cm³/mol. The van der Waals surface area contributed by atoms with Gasteiger partial charge >= 0.3 is 0 Å². The van der Waals surface area contributed by atoms with Gasteiger partial charge in [0.2, 0.25) is 0 Å². The summed E-state index contributed by atoms with van der Waals surface area (Å²) < 4.78 is 0. The molecule has 0 saturated heterocycles. The van der Waals surface area contributed by atoms with Gasteiger partial charge in [-0.2, -0.15) is 0 Å². The molecule has 2 heteroatoms. The van der Waals surface area contributed by atoms with E-state index >= 15 is 0 Å². The summed E-state index contributed by atoms with van der Waals surface area (Å²) in [5.41, 5.74) is 6.97. The van der Waals surface area contributed by atoms with E-state index in [-0.39, 0.29) is 0 Å². The molecule has 1 unspecified atom stereocenters. The van der Waals surface area contributed by atoms with E-state index in [0.717, 1.165) is 25.9 Å². The highest BCUT2D eigenvalue weighted by Crippen LogP contribution is 2.29. The molecule has 1 aromatic heterocycles. The molecule has 0 aliphatic heterocycles. The van der Waals surface area contributed by atoms with Gasteiger partial charge < -0.3 is 10.3 Å². The smallest absolute Gasteiger partial charge is 0.0467 e. The van der Waals surface area contributed by atoms with Crippen molar-refractivity contribution in [2.45, 2.75) is 46.0 Å². The Balaban J connectivity index is 1.26. The highest BCUT2D eigenvalue weighted by atomic mass is 14.8. The second-order valence-electron chi connectivity index (χ2n) is 8.58. The Morgan fingerprint density at radius 1 is 0.800 bits per heavy atom. The predicted octanol–water partition coefficient (Wildman–Crippen LogP) is 6.67. The number of para-hydroxylation sites is 1. The first kappa shape index (κ1) is 20.7. The highest BCUT2D eigenvalue weighted by molar-refractivity contribution is 6.08. The standard InChI is InChI=1S/C28H34N2/c1-3-22-10-4-5-11-23(22)13-9-19-29-20-21(2)17-18-24-12-8-16-27-28(24)25-14-6-7-15-26(25)30-27/h4-8,10-12,14-16,21,29-30H,3,9,13,17-20H2,1-2H3. The number of nitrogens with one attached hydrogen (secondary N) is 2. The summed E-state index contributed by atoms with van der Waals surface area (Å²) in [6.07, 6.45) is 5.85. The molecule has 4 aromatic rings. The molecule has 0 aliphatic carbocycles. The van der Waals surface area contributed by atoms with Gasteiger partial charge in [-0.1, -0.05) is 68.4 Å². The van der Waals surface area contributed by atoms with E-state index in [2.05, 4.69) is 90.9 Å². The Labute approximate surface area is 180 Å². The summed E-state index contributed by atoms with van der Waals surface area (Å²) in [5, 5.41) is 6.44. The molecule has 0 saturated carbocycles. The van der Waals surface area contributed by atoms with Gasteiger partial charge in [0, 0.05) is 21.8 Å². The Bertz CT molecular complexity index is 1090. The van der Waals surface area contributed by atoms with Crippen molar-refractivity contribution in [1.29, 1.82) is 0 Å². The fourth-order valence-corrected chi connectivity index (χ4v) is 4.59. The number of rotatable bonds is 10. The van der Waals surface area contributed by atoms with E-state index in [9.17, 15) is 0 Å². The Kier molecular flexibility index (Phi) is 6.86. The van der Waals surface area contributed by atoms with Crippen molar-refractivity contribution in [3.8, 4) is 0 Å². The zero-order chi connectivity index (χ0) is 20.8. The molecule has 0 fully saturated rings. The quantitative estimate of drug-likeness (QED) is 0.287. The molecule has 30 heavy (non-hydrogen) atoms. The third-order valence-corrected chi connectivity index (χ3v) is 6.31. The average Bonchev–Trinajstić information content (AvgIpc) is 3.17. The van der Waals surface area contributed by atoms with Gasteiger partial charge in [0.25, 0.3) is 0 Å². The van der Waals surface area contributed by atoms with Crippen LogP contribution in [-0.2, 0) is 19.3 Å². The minimum absolute atomic E-state index is 0.674.